The number of nitrogens with zero attached hydrogens (tertiary/aromatic N) is 1. The number of amides is 2. The van der Waals surface area contributed by atoms with Gasteiger partial charge in [-0.05, 0) is 30.7 Å². The van der Waals surface area contributed by atoms with Crippen LogP contribution in [0.15, 0.2) is 42.5 Å². The van der Waals surface area contributed by atoms with Gasteiger partial charge in [-0.2, -0.15) is 0 Å². The van der Waals surface area contributed by atoms with Crippen LogP contribution in [-0.4, -0.2) is 47.2 Å². The van der Waals surface area contributed by atoms with E-state index in [4.69, 9.17) is 4.74 Å². The molecule has 3 rings (SSSR count). The van der Waals surface area contributed by atoms with Crippen molar-refractivity contribution in [2.75, 3.05) is 19.7 Å². The normalized spacial score (nSPS) is 25.3. The number of ether oxygens (including phenoxy) is 1. The Labute approximate surface area is 147 Å². The van der Waals surface area contributed by atoms with Gasteiger partial charge in [0.15, 0.2) is 0 Å². The molecule has 1 saturated carbocycles. The van der Waals surface area contributed by atoms with E-state index in [1.54, 1.807) is 4.90 Å². The molecule has 0 spiro atoms. The minimum atomic E-state index is -1.15. The van der Waals surface area contributed by atoms with Gasteiger partial charge in [0.25, 0.3) is 0 Å². The van der Waals surface area contributed by atoms with E-state index < -0.39 is 11.5 Å². The van der Waals surface area contributed by atoms with E-state index in [2.05, 4.69) is 5.32 Å². The molecule has 1 heterocycles. The Morgan fingerprint density at radius 3 is 2.64 bits per heavy atom. The van der Waals surface area contributed by atoms with Crippen LogP contribution in [0.3, 0.4) is 0 Å². The van der Waals surface area contributed by atoms with Gasteiger partial charge in [-0.15, -0.1) is 0 Å². The summed E-state index contributed by atoms with van der Waals surface area (Å²) in [5.74, 6) is -0.811. The number of rotatable bonds is 6. The van der Waals surface area contributed by atoms with E-state index in [-0.39, 0.29) is 11.9 Å². The molecule has 2 amide bonds. The number of hydrogen-bond donors (Lipinski definition) is 2. The molecule has 6 nitrogen and oxygen atoms in total. The number of carboxylic acid groups (broad SMARTS) is 1. The number of hydrogen-bond acceptors (Lipinski definition) is 3. The number of nitrogens with one attached hydrogen (secondary N) is 1. The van der Waals surface area contributed by atoms with Crippen LogP contribution in [0.2, 0.25) is 0 Å². The number of carbonyl (C=O) groups is 2. The van der Waals surface area contributed by atoms with Gasteiger partial charge >= 0.3 is 12.0 Å². The van der Waals surface area contributed by atoms with E-state index >= 15 is 0 Å². The van der Waals surface area contributed by atoms with E-state index in [9.17, 15) is 14.7 Å². The van der Waals surface area contributed by atoms with Gasteiger partial charge in [-0.1, -0.05) is 42.5 Å². The number of aliphatic carboxylic acids is 1. The topological polar surface area (TPSA) is 78.9 Å². The minimum Gasteiger partial charge on any atom is -0.480 e. The molecule has 0 saturated heterocycles. The summed E-state index contributed by atoms with van der Waals surface area (Å²) >= 11 is 0. The maximum atomic E-state index is 12.3. The zero-order chi connectivity index (χ0) is 17.7. The van der Waals surface area contributed by atoms with Gasteiger partial charge in [0.05, 0.1) is 13.2 Å². The maximum Gasteiger partial charge on any atom is 0.329 e. The van der Waals surface area contributed by atoms with Crippen molar-refractivity contribution in [2.45, 2.75) is 31.4 Å². The number of carboxylic acids is 1. The summed E-state index contributed by atoms with van der Waals surface area (Å²) in [6.07, 6.45) is 5.58. The molecular weight excluding hydrogens is 320 g/mol. The van der Waals surface area contributed by atoms with Gasteiger partial charge in [0.2, 0.25) is 0 Å². The lowest BCUT2D eigenvalue weighted by atomic mass is 9.68. The van der Waals surface area contributed by atoms with Crippen molar-refractivity contribution in [2.24, 2.45) is 5.92 Å². The molecule has 1 aromatic rings. The highest BCUT2D eigenvalue weighted by Crippen LogP contribution is 2.38. The van der Waals surface area contributed by atoms with Crippen LogP contribution in [0.25, 0.3) is 0 Å². The zero-order valence-corrected chi connectivity index (χ0v) is 14.2. The van der Waals surface area contributed by atoms with Crippen molar-refractivity contribution >= 4 is 12.0 Å². The average molecular weight is 344 g/mol. The van der Waals surface area contributed by atoms with E-state index in [1.165, 1.54) is 0 Å². The molecule has 2 N–H and O–H groups in total. The second kappa shape index (κ2) is 7.70. The highest BCUT2D eigenvalue weighted by atomic mass is 16.5. The number of urea groups is 1. The average Bonchev–Trinajstić information content (AvgIpc) is 2.60. The molecular formula is C19H24N2O4. The first-order chi connectivity index (χ1) is 12.1. The summed E-state index contributed by atoms with van der Waals surface area (Å²) in [5, 5.41) is 12.3. The van der Waals surface area contributed by atoms with E-state index in [0.717, 1.165) is 12.0 Å². The summed E-state index contributed by atoms with van der Waals surface area (Å²) in [7, 11) is 0. The van der Waals surface area contributed by atoms with Gasteiger partial charge in [0.1, 0.15) is 5.54 Å². The summed E-state index contributed by atoms with van der Waals surface area (Å²) in [6, 6.07) is 9.57. The van der Waals surface area contributed by atoms with Gasteiger partial charge < -0.3 is 20.1 Å². The van der Waals surface area contributed by atoms with Crippen LogP contribution in [0.5, 0.6) is 0 Å². The third kappa shape index (κ3) is 4.20. The molecule has 25 heavy (non-hydrogen) atoms. The Morgan fingerprint density at radius 1 is 1.24 bits per heavy atom. The van der Waals surface area contributed by atoms with Crippen LogP contribution in [0.1, 0.15) is 24.8 Å². The van der Waals surface area contributed by atoms with Crippen LogP contribution in [-0.2, 0) is 16.1 Å². The predicted octanol–water partition coefficient (Wildman–Crippen LogP) is 2.41. The van der Waals surface area contributed by atoms with E-state index in [0.29, 0.717) is 39.1 Å². The molecule has 6 heteroatoms. The third-order valence-corrected chi connectivity index (χ3v) is 4.84. The SMILES string of the molecule is O=C(NC1(C(=O)O)CC(COCc2ccccc2)C1)N1CC=CCC1. The first kappa shape index (κ1) is 17.5. The Balaban J connectivity index is 1.46. The van der Waals surface area contributed by atoms with Crippen LogP contribution in [0.4, 0.5) is 4.79 Å². The second-order valence-electron chi connectivity index (χ2n) is 6.80. The van der Waals surface area contributed by atoms with Gasteiger partial charge in [-0.3, -0.25) is 0 Å². The molecule has 134 valence electrons. The van der Waals surface area contributed by atoms with Crippen molar-refractivity contribution in [3.8, 4) is 0 Å². The molecule has 1 fully saturated rings. The van der Waals surface area contributed by atoms with Crippen LogP contribution >= 0.6 is 0 Å². The second-order valence-corrected chi connectivity index (χ2v) is 6.80. The highest BCUT2D eigenvalue weighted by Gasteiger charge is 2.52. The number of carbonyl (C=O) groups excluding carboxylic acids is 1. The van der Waals surface area contributed by atoms with Gasteiger partial charge in [-0.25, -0.2) is 9.59 Å². The summed E-state index contributed by atoms with van der Waals surface area (Å²) < 4.78 is 5.69. The Hall–Kier alpha value is -2.34. The molecule has 2 aliphatic rings. The molecule has 0 atom stereocenters. The summed E-state index contributed by atoms with van der Waals surface area (Å²) in [5.41, 5.74) is -0.0586. The number of benzene rings is 1. The lowest BCUT2D eigenvalue weighted by Crippen LogP contribution is -2.65. The largest absolute Gasteiger partial charge is 0.480 e. The molecule has 1 aliphatic carbocycles. The van der Waals surface area contributed by atoms with Crippen LogP contribution in [0, 0.1) is 5.92 Å². The zero-order valence-electron chi connectivity index (χ0n) is 14.2. The fourth-order valence-electron chi connectivity index (χ4n) is 3.40. The molecule has 0 bridgehead atoms. The molecule has 0 aromatic heterocycles. The maximum absolute atomic E-state index is 12.3. The first-order valence-corrected chi connectivity index (χ1v) is 8.66. The fourth-order valence-corrected chi connectivity index (χ4v) is 3.40. The van der Waals surface area contributed by atoms with Crippen molar-refractivity contribution < 1.29 is 19.4 Å². The Morgan fingerprint density at radius 2 is 2.00 bits per heavy atom. The smallest absolute Gasteiger partial charge is 0.329 e. The molecule has 0 unspecified atom stereocenters. The van der Waals surface area contributed by atoms with Crippen molar-refractivity contribution in [3.63, 3.8) is 0 Å². The standard InChI is InChI=1S/C19H24N2O4/c22-17(23)19(20-18(24)21-9-5-2-6-10-21)11-16(12-19)14-25-13-15-7-3-1-4-8-15/h1-5,7-8,16H,6,9-14H2,(H,20,24)(H,22,23). The molecule has 0 radical (unpaired) electrons. The monoisotopic (exact) mass is 344 g/mol. The Kier molecular flexibility index (Phi) is 5.38. The quantitative estimate of drug-likeness (QED) is 0.777. The fraction of sp³-hybridized carbons (Fsp3) is 0.474. The predicted molar refractivity (Wildman–Crippen MR) is 93.1 cm³/mol. The lowest BCUT2D eigenvalue weighted by molar-refractivity contribution is -0.152. The summed E-state index contributed by atoms with van der Waals surface area (Å²) in [4.78, 5) is 25.6. The molecule has 1 aromatic carbocycles. The molecule has 1 aliphatic heterocycles. The van der Waals surface area contributed by atoms with Crippen molar-refractivity contribution in [3.05, 3.63) is 48.0 Å². The minimum absolute atomic E-state index is 0.154. The van der Waals surface area contributed by atoms with Crippen LogP contribution < -0.4 is 5.32 Å². The van der Waals surface area contributed by atoms with Gasteiger partial charge in [0, 0.05) is 13.1 Å². The third-order valence-electron chi connectivity index (χ3n) is 4.84. The van der Waals surface area contributed by atoms with Crippen molar-refractivity contribution in [1.82, 2.24) is 10.2 Å². The Bertz CT molecular complexity index is 638. The van der Waals surface area contributed by atoms with Crippen molar-refractivity contribution in [1.29, 1.82) is 0 Å². The highest BCUT2D eigenvalue weighted by molar-refractivity contribution is 5.87. The summed E-state index contributed by atoms with van der Waals surface area (Å²) in [6.45, 7) is 2.18. The first-order valence-electron chi connectivity index (χ1n) is 8.66. The lowest BCUT2D eigenvalue weighted by Gasteiger charge is -2.45. The van der Waals surface area contributed by atoms with E-state index in [1.807, 2.05) is 42.5 Å².